The minimum atomic E-state index is -1.02. The largest absolute Gasteiger partial charge is 0.369 e. The molecule has 16 rings (SSSR count). The topological polar surface area (TPSA) is 509 Å². The van der Waals surface area contributed by atoms with Crippen molar-refractivity contribution < 1.29 is 81.5 Å². The van der Waals surface area contributed by atoms with Crippen LogP contribution in [0.5, 0.6) is 0 Å². The van der Waals surface area contributed by atoms with Crippen LogP contribution in [-0.2, 0) is 78.3 Å². The Kier molecular flexibility index (Phi) is 35.1. The van der Waals surface area contributed by atoms with E-state index in [1.165, 1.54) is 0 Å². The van der Waals surface area contributed by atoms with Gasteiger partial charge < -0.3 is 90.8 Å². The Labute approximate surface area is 819 Å². The van der Waals surface area contributed by atoms with Gasteiger partial charge in [0.05, 0.1) is 83.1 Å². The minimum absolute atomic E-state index is 0.0207. The number of amides is 17. The number of nitrogens with two attached hydrogens (primary N) is 1. The number of carbonyl (C=O) groups excluding carboxylic acids is 17. The number of fused-ring (bicyclic) bond motifs is 1. The summed E-state index contributed by atoms with van der Waals surface area (Å²) in [4.78, 5) is 235. The molecule has 12 aliphatic carbocycles. The molecule has 14 fully saturated rings. The molecule has 17 amide bonds. The van der Waals surface area contributed by atoms with Gasteiger partial charge in [-0.25, -0.2) is 4.79 Å². The van der Waals surface area contributed by atoms with Gasteiger partial charge in [0, 0.05) is 120 Å². The van der Waals surface area contributed by atoms with Crippen molar-refractivity contribution >= 4 is 112 Å². The number of thioether (sulfide) groups is 1. The van der Waals surface area contributed by atoms with E-state index in [0.29, 0.717) is 253 Å². The van der Waals surface area contributed by atoms with E-state index in [2.05, 4.69) is 85.1 Å². The molecule has 14 aliphatic rings. The third kappa shape index (κ3) is 25.6. The average molecular weight is 1940 g/mol. The van der Waals surface area contributed by atoms with Crippen LogP contribution >= 0.6 is 11.8 Å². The van der Waals surface area contributed by atoms with E-state index < -0.39 is 149 Å². The van der Waals surface area contributed by atoms with Gasteiger partial charge in [-0.15, -0.1) is 0 Å². The Bertz CT molecular complexity index is 4780. The lowest BCUT2D eigenvalue weighted by molar-refractivity contribution is -0.133. The zero-order valence-corrected chi connectivity index (χ0v) is 81.3. The summed E-state index contributed by atoms with van der Waals surface area (Å²) in [6.45, 7) is 0.474. The smallest absolute Gasteiger partial charge is 0.315 e. The monoisotopic (exact) mass is 1940 g/mol. The zero-order chi connectivity index (χ0) is 97.3. The summed E-state index contributed by atoms with van der Waals surface area (Å²) in [5, 5.41) is 50.6. The Morgan fingerprint density at radius 1 is 0.317 bits per heavy atom. The van der Waals surface area contributed by atoms with E-state index >= 15 is 0 Å². The molecule has 0 aromatic heterocycles. The van der Waals surface area contributed by atoms with Crippen LogP contribution in [0.25, 0.3) is 0 Å². The lowest BCUT2D eigenvalue weighted by Gasteiger charge is -2.30. The summed E-state index contributed by atoms with van der Waals surface area (Å²) in [5.74, 6) is -9.05. The number of carbonyl (C=O) groups is 17. The van der Waals surface area contributed by atoms with Gasteiger partial charge >= 0.3 is 6.03 Å². The maximum absolute atomic E-state index is 14.6. The maximum atomic E-state index is 14.6. The summed E-state index contributed by atoms with van der Waals surface area (Å²) in [6.07, 6.45) is 27.7. The van der Waals surface area contributed by atoms with E-state index in [4.69, 9.17) is 5.73 Å². The summed E-state index contributed by atoms with van der Waals surface area (Å²) < 4.78 is 0. The van der Waals surface area contributed by atoms with Gasteiger partial charge in [-0.05, 0) is 185 Å². The second-order valence-corrected chi connectivity index (χ2v) is 44.2. The second kappa shape index (κ2) is 48.0. The highest BCUT2D eigenvalue weighted by Crippen LogP contribution is 2.41. The van der Waals surface area contributed by atoms with Crippen molar-refractivity contribution in [3.8, 4) is 0 Å². The number of hydrogen-bond donors (Lipinski definition) is 17. The molecule has 0 spiro atoms. The summed E-state index contributed by atoms with van der Waals surface area (Å²) in [6, 6.07) is 9.81. The predicted molar refractivity (Wildman–Crippen MR) is 518 cm³/mol. The number of unbranched alkanes of at least 4 members (excludes halogenated alkanes) is 3. The number of urea groups is 1. The van der Waals surface area contributed by atoms with Crippen LogP contribution in [0.4, 0.5) is 4.79 Å². The van der Waals surface area contributed by atoms with Gasteiger partial charge in [-0.1, -0.05) is 144 Å². The Balaban J connectivity index is 0.448. The lowest BCUT2D eigenvalue weighted by atomic mass is 9.95. The van der Waals surface area contributed by atoms with Gasteiger partial charge in [-0.2, -0.15) is 11.8 Å². The molecule has 12 saturated carbocycles. The Hall–Kier alpha value is -10.2. The van der Waals surface area contributed by atoms with Crippen molar-refractivity contribution in [2.45, 2.75) is 385 Å². The third-order valence-electron chi connectivity index (χ3n) is 34.0. The van der Waals surface area contributed by atoms with Crippen molar-refractivity contribution in [2.75, 3.05) is 12.3 Å². The fraction of sp³-hybridized carbons (Fsp3) is 0.721. The molecule has 139 heavy (non-hydrogen) atoms. The molecule has 0 radical (unpaired) electrons. The van der Waals surface area contributed by atoms with Crippen LogP contribution in [-0.4, -0.2) is 209 Å². The van der Waals surface area contributed by atoms with E-state index in [0.717, 1.165) is 57.1 Å². The van der Waals surface area contributed by atoms with E-state index in [1.54, 1.807) is 48.5 Å². The molecular weight excluding hydrogens is 1790 g/mol. The number of benzene rings is 2. The molecule has 0 unspecified atom stereocenters. The standard InChI is InChI=1S/C104H149N17O17S/c105-91(125)60-23-9-35-72(60)108-92(126)61-24-10-36-73(61)109-93(127)62-25-11-37-74(62)110-94(128)63-26-12-38-75(63)111-95(129)64-27-13-39-76(64)112-96(130)65-28-14-40-77(65)113-97(131)66-29-15-41-78(66)114-98(132)67-30-16-42-79(67)115-99(133)68-31-17-43-80(68)116-100(134)69-32-18-44-81(69)117-101(135)70-33-19-45-82(70)118-102(136)71-34-20-46-83(71)119-103(137)84(55-57-50-52-59(53-51-57)90(124)58-21-3-1-4-22-58)107-88(123)49-5-2-8-54-106-87(122)48-7-6-47-86-89-85(56-139-86)120-104(138)121-89/h1,3-4,21-22,50-53,60-86,89H,2,5-20,23-49,54-56H2,(H2,105,125)(H,106,122)(H,107,123)(H,108,126)(H,109,127)(H,110,128)(H,111,129)(H,112,130)(H,113,131)(H,114,132)(H,115,133)(H,116,134)(H,117,135)(H,118,136)(H,119,137)(H2,120,121,138)/t60-,61-,62-,63-,64-,65-,66-,67-,68-,69-,70-,71-,72-,73-,74-,75-,76-,77-,78-,79-,80-,81-,82-,83-,84-,85-,86-,89-/m0/s1. The van der Waals surface area contributed by atoms with Crippen LogP contribution in [0.2, 0.25) is 0 Å². The molecule has 28 atom stereocenters. The van der Waals surface area contributed by atoms with Crippen molar-refractivity contribution in [3.63, 3.8) is 0 Å². The van der Waals surface area contributed by atoms with Crippen LogP contribution < -0.4 is 90.8 Å². The molecule has 758 valence electrons. The number of rotatable bonds is 41. The third-order valence-corrected chi connectivity index (χ3v) is 35.5. The summed E-state index contributed by atoms with van der Waals surface area (Å²) in [5.41, 5.74) is 7.36. The highest BCUT2D eigenvalue weighted by atomic mass is 32.2. The maximum Gasteiger partial charge on any atom is 0.315 e. The summed E-state index contributed by atoms with van der Waals surface area (Å²) in [7, 11) is 0. The van der Waals surface area contributed by atoms with Gasteiger partial charge in [-0.3, -0.25) is 76.7 Å². The predicted octanol–water partition coefficient (Wildman–Crippen LogP) is 6.25. The van der Waals surface area contributed by atoms with E-state index in [9.17, 15) is 81.5 Å². The zero-order valence-electron chi connectivity index (χ0n) is 80.5. The quantitative estimate of drug-likeness (QED) is 0.0199. The molecule has 2 saturated heterocycles. The SMILES string of the molecule is NC(=O)[C@H]1CCC[C@@H]1NC(=O)[C@H]1CCC[C@@H]1NC(=O)[C@H]1CCC[C@@H]1NC(=O)[C@H]1CCC[C@@H]1NC(=O)[C@H]1CCC[C@@H]1NC(=O)[C@H]1CCC[C@@H]1NC(=O)[C@H]1CCC[C@@H]1NC(=O)[C@H]1CCC[C@@H]1NC(=O)[C@H]1CCC[C@@H]1NC(=O)[C@H]1CCC[C@@H]1NC(=O)[C@H]1CCC[C@@H]1NC(=O)[C@H]1CCC[C@@H]1NC(=O)[C@H](Cc1ccc(C(=O)c2ccccc2)cc1)NC(=O)CCCCCNC(=O)CCCC[C@@H]1SC[C@@H]2NC(=O)N[C@@H]21. The Morgan fingerprint density at radius 2 is 0.604 bits per heavy atom. The fourth-order valence-corrected chi connectivity index (χ4v) is 27.8. The first-order chi connectivity index (χ1) is 67.3. The molecule has 2 aromatic carbocycles. The molecule has 2 aliphatic heterocycles. The van der Waals surface area contributed by atoms with Gasteiger partial charge in [0.1, 0.15) is 6.04 Å². The van der Waals surface area contributed by atoms with Gasteiger partial charge in [0.2, 0.25) is 88.6 Å². The van der Waals surface area contributed by atoms with Crippen LogP contribution in [0.1, 0.15) is 304 Å². The van der Waals surface area contributed by atoms with Gasteiger partial charge in [0.15, 0.2) is 5.78 Å². The fourth-order valence-electron chi connectivity index (χ4n) is 26.3. The first kappa shape index (κ1) is 102. The van der Waals surface area contributed by atoms with E-state index in [1.807, 2.05) is 17.8 Å². The lowest BCUT2D eigenvalue weighted by Crippen LogP contribution is -2.54. The number of hydrogen-bond acceptors (Lipinski definition) is 18. The van der Waals surface area contributed by atoms with Crippen LogP contribution in [0.15, 0.2) is 54.6 Å². The minimum Gasteiger partial charge on any atom is -0.369 e. The Morgan fingerprint density at radius 3 is 0.928 bits per heavy atom. The molecule has 35 heteroatoms. The van der Waals surface area contributed by atoms with E-state index in [-0.39, 0.29) is 126 Å². The van der Waals surface area contributed by atoms with Gasteiger partial charge in [0.25, 0.3) is 0 Å². The number of nitrogens with one attached hydrogen (secondary N) is 16. The van der Waals surface area contributed by atoms with Crippen LogP contribution in [0.3, 0.4) is 0 Å². The highest BCUT2D eigenvalue weighted by Gasteiger charge is 2.51. The first-order valence-electron chi connectivity index (χ1n) is 53.2. The molecule has 34 nitrogen and oxygen atoms in total. The second-order valence-electron chi connectivity index (χ2n) is 43.0. The first-order valence-corrected chi connectivity index (χ1v) is 54.3. The number of primary amides is 1. The van der Waals surface area contributed by atoms with Crippen LogP contribution in [0, 0.1) is 71.0 Å². The molecule has 2 aromatic rings. The van der Waals surface area contributed by atoms with Crippen molar-refractivity contribution in [1.82, 2.24) is 85.1 Å². The molecule has 0 bridgehead atoms. The molecule has 18 N–H and O–H groups in total. The molecule has 2 heterocycles. The normalized spacial score (nSPS) is 33.3. The highest BCUT2D eigenvalue weighted by molar-refractivity contribution is 8.00. The molecular formula is C104H149N17O17S. The summed E-state index contributed by atoms with van der Waals surface area (Å²) >= 11 is 1.86. The number of ketones is 1. The van der Waals surface area contributed by atoms with Crippen molar-refractivity contribution in [2.24, 2.45) is 76.7 Å². The average Bonchev–Trinajstić information content (AvgIpc) is 1.73. The van der Waals surface area contributed by atoms with Crippen molar-refractivity contribution in [3.05, 3.63) is 71.3 Å². The van der Waals surface area contributed by atoms with Crippen molar-refractivity contribution in [1.29, 1.82) is 0 Å².